The highest BCUT2D eigenvalue weighted by Crippen LogP contribution is 2.31. The predicted octanol–water partition coefficient (Wildman–Crippen LogP) is 3.94. The van der Waals surface area contributed by atoms with Gasteiger partial charge in [0.05, 0.1) is 9.50 Å². The van der Waals surface area contributed by atoms with Crippen molar-refractivity contribution in [3.8, 4) is 5.75 Å². The molecular formula is C14H12BrClFNO2. The van der Waals surface area contributed by atoms with E-state index in [1.807, 2.05) is 0 Å². The quantitative estimate of drug-likeness (QED) is 0.641. The van der Waals surface area contributed by atoms with Gasteiger partial charge in [0.15, 0.2) is 0 Å². The Bertz CT molecular complexity index is 624. The van der Waals surface area contributed by atoms with E-state index < -0.39 is 11.9 Å². The Morgan fingerprint density at radius 3 is 2.80 bits per heavy atom. The number of aliphatic hydroxyl groups is 1. The summed E-state index contributed by atoms with van der Waals surface area (Å²) < 4.78 is 19.3. The molecule has 6 heteroatoms. The summed E-state index contributed by atoms with van der Waals surface area (Å²) in [4.78, 5) is 0. The first-order valence-electron chi connectivity index (χ1n) is 5.78. The second-order valence-electron chi connectivity index (χ2n) is 4.19. The van der Waals surface area contributed by atoms with Crippen molar-refractivity contribution >= 4 is 33.2 Å². The van der Waals surface area contributed by atoms with E-state index in [2.05, 4.69) is 15.9 Å². The fourth-order valence-electron chi connectivity index (χ4n) is 1.65. The van der Waals surface area contributed by atoms with Crippen molar-refractivity contribution < 1.29 is 14.2 Å². The Kier molecular flexibility index (Phi) is 4.86. The van der Waals surface area contributed by atoms with Crippen LogP contribution in [0.2, 0.25) is 5.02 Å². The Morgan fingerprint density at radius 2 is 2.10 bits per heavy atom. The molecule has 3 nitrogen and oxygen atoms in total. The SMILES string of the molecule is Nc1cccc(C(O)COc2cc(F)c(Cl)cc2Br)c1. The normalized spacial score (nSPS) is 12.2. The first-order valence-corrected chi connectivity index (χ1v) is 6.95. The van der Waals surface area contributed by atoms with E-state index in [0.29, 0.717) is 15.7 Å². The molecular weight excluding hydrogens is 349 g/mol. The summed E-state index contributed by atoms with van der Waals surface area (Å²) in [5, 5.41) is 10.0. The summed E-state index contributed by atoms with van der Waals surface area (Å²) in [5.41, 5.74) is 6.83. The van der Waals surface area contributed by atoms with Gasteiger partial charge in [-0.15, -0.1) is 0 Å². The lowest BCUT2D eigenvalue weighted by Gasteiger charge is -2.14. The molecule has 2 rings (SSSR count). The van der Waals surface area contributed by atoms with Crippen LogP contribution in [0.25, 0.3) is 0 Å². The van der Waals surface area contributed by atoms with Crippen molar-refractivity contribution in [1.82, 2.24) is 0 Å². The smallest absolute Gasteiger partial charge is 0.145 e. The molecule has 0 saturated carbocycles. The van der Waals surface area contributed by atoms with Gasteiger partial charge in [-0.3, -0.25) is 0 Å². The van der Waals surface area contributed by atoms with Crippen LogP contribution in [0.1, 0.15) is 11.7 Å². The van der Waals surface area contributed by atoms with Crippen LogP contribution in [-0.2, 0) is 0 Å². The molecule has 3 N–H and O–H groups in total. The summed E-state index contributed by atoms with van der Waals surface area (Å²) in [6.07, 6.45) is -0.857. The molecule has 0 aliphatic heterocycles. The van der Waals surface area contributed by atoms with E-state index in [1.165, 1.54) is 12.1 Å². The molecule has 106 valence electrons. The molecule has 2 aromatic rings. The summed E-state index contributed by atoms with van der Waals surface area (Å²) in [5.74, 6) is -0.307. The van der Waals surface area contributed by atoms with E-state index in [-0.39, 0.29) is 17.4 Å². The van der Waals surface area contributed by atoms with Gasteiger partial charge in [-0.1, -0.05) is 23.7 Å². The Balaban J connectivity index is 2.07. The zero-order chi connectivity index (χ0) is 14.7. The Hall–Kier alpha value is -1.30. The molecule has 0 fully saturated rings. The lowest BCUT2D eigenvalue weighted by Crippen LogP contribution is -2.10. The number of anilines is 1. The van der Waals surface area contributed by atoms with Crippen molar-refractivity contribution in [3.05, 3.63) is 57.3 Å². The van der Waals surface area contributed by atoms with Gasteiger partial charge in [-0.05, 0) is 39.7 Å². The Labute approximate surface area is 129 Å². The lowest BCUT2D eigenvalue weighted by molar-refractivity contribution is 0.107. The van der Waals surface area contributed by atoms with Crippen molar-refractivity contribution in [1.29, 1.82) is 0 Å². The molecule has 20 heavy (non-hydrogen) atoms. The molecule has 2 aromatic carbocycles. The van der Waals surface area contributed by atoms with E-state index >= 15 is 0 Å². The summed E-state index contributed by atoms with van der Waals surface area (Å²) in [7, 11) is 0. The third-order valence-corrected chi connectivity index (χ3v) is 3.58. The average molecular weight is 361 g/mol. The van der Waals surface area contributed by atoms with Gasteiger partial charge in [0.25, 0.3) is 0 Å². The molecule has 0 aliphatic carbocycles. The monoisotopic (exact) mass is 359 g/mol. The highest BCUT2D eigenvalue weighted by atomic mass is 79.9. The van der Waals surface area contributed by atoms with Gasteiger partial charge < -0.3 is 15.6 Å². The summed E-state index contributed by atoms with van der Waals surface area (Å²) >= 11 is 8.86. The first kappa shape index (κ1) is 15.1. The van der Waals surface area contributed by atoms with Crippen molar-refractivity contribution in [2.45, 2.75) is 6.10 Å². The molecule has 0 radical (unpaired) electrons. The van der Waals surface area contributed by atoms with Gasteiger partial charge in [0.2, 0.25) is 0 Å². The molecule has 0 saturated heterocycles. The van der Waals surface area contributed by atoms with E-state index in [9.17, 15) is 9.50 Å². The topological polar surface area (TPSA) is 55.5 Å². The van der Waals surface area contributed by atoms with Gasteiger partial charge >= 0.3 is 0 Å². The standard InChI is InChI=1S/C14H12BrClFNO2/c15-10-5-11(16)12(17)6-14(10)20-7-13(19)8-2-1-3-9(18)4-8/h1-6,13,19H,7,18H2. The van der Waals surface area contributed by atoms with Crippen molar-refractivity contribution in [2.24, 2.45) is 0 Å². The van der Waals surface area contributed by atoms with Crippen LogP contribution in [-0.4, -0.2) is 11.7 Å². The number of hydrogen-bond donors (Lipinski definition) is 2. The maximum Gasteiger partial charge on any atom is 0.145 e. The number of hydrogen-bond acceptors (Lipinski definition) is 3. The third kappa shape index (κ3) is 3.62. The highest BCUT2D eigenvalue weighted by molar-refractivity contribution is 9.10. The van der Waals surface area contributed by atoms with Gasteiger partial charge in [0, 0.05) is 11.8 Å². The van der Waals surface area contributed by atoms with Crippen molar-refractivity contribution in [3.63, 3.8) is 0 Å². The van der Waals surface area contributed by atoms with Crippen LogP contribution < -0.4 is 10.5 Å². The zero-order valence-electron chi connectivity index (χ0n) is 10.3. The number of ether oxygens (including phenoxy) is 1. The van der Waals surface area contributed by atoms with Crippen LogP contribution in [0.4, 0.5) is 10.1 Å². The summed E-state index contributed by atoms with van der Waals surface area (Å²) in [6.45, 7) is -0.0247. The molecule has 0 spiro atoms. The maximum absolute atomic E-state index is 13.3. The van der Waals surface area contributed by atoms with Crippen molar-refractivity contribution in [2.75, 3.05) is 12.3 Å². The minimum atomic E-state index is -0.857. The Morgan fingerprint density at radius 1 is 1.35 bits per heavy atom. The summed E-state index contributed by atoms with van der Waals surface area (Å²) in [6, 6.07) is 9.43. The van der Waals surface area contributed by atoms with E-state index in [4.69, 9.17) is 22.1 Å². The second-order valence-corrected chi connectivity index (χ2v) is 5.46. The third-order valence-electron chi connectivity index (χ3n) is 2.67. The molecule has 0 bridgehead atoms. The van der Waals surface area contributed by atoms with Gasteiger partial charge in [-0.2, -0.15) is 0 Å². The average Bonchev–Trinajstić information content (AvgIpc) is 2.41. The first-order chi connectivity index (χ1) is 9.47. The number of aliphatic hydroxyl groups excluding tert-OH is 1. The van der Waals surface area contributed by atoms with E-state index in [0.717, 1.165) is 0 Å². The number of rotatable bonds is 4. The molecule has 0 aliphatic rings. The highest BCUT2D eigenvalue weighted by Gasteiger charge is 2.12. The molecule has 1 atom stereocenters. The van der Waals surface area contributed by atoms with Gasteiger partial charge in [0.1, 0.15) is 24.3 Å². The molecule has 0 amide bonds. The second kappa shape index (κ2) is 6.43. The lowest BCUT2D eigenvalue weighted by atomic mass is 10.1. The molecule has 1 unspecified atom stereocenters. The minimum absolute atomic E-state index is 0.000561. The van der Waals surface area contributed by atoms with Crippen LogP contribution >= 0.6 is 27.5 Å². The van der Waals surface area contributed by atoms with Crippen LogP contribution in [0.5, 0.6) is 5.75 Å². The largest absolute Gasteiger partial charge is 0.489 e. The maximum atomic E-state index is 13.3. The number of nitrogens with two attached hydrogens (primary N) is 1. The van der Waals surface area contributed by atoms with Crippen LogP contribution in [0, 0.1) is 5.82 Å². The van der Waals surface area contributed by atoms with Gasteiger partial charge in [-0.25, -0.2) is 4.39 Å². The van der Waals surface area contributed by atoms with Crippen LogP contribution in [0.15, 0.2) is 40.9 Å². The molecule has 0 heterocycles. The molecule has 0 aromatic heterocycles. The zero-order valence-corrected chi connectivity index (χ0v) is 12.7. The number of nitrogen functional groups attached to an aromatic ring is 1. The minimum Gasteiger partial charge on any atom is -0.489 e. The number of benzene rings is 2. The fourth-order valence-corrected chi connectivity index (χ4v) is 2.40. The predicted molar refractivity (Wildman–Crippen MR) is 80.4 cm³/mol. The van der Waals surface area contributed by atoms with Crippen LogP contribution in [0.3, 0.4) is 0 Å². The fraction of sp³-hybridized carbons (Fsp3) is 0.143. The number of halogens is 3. The van der Waals surface area contributed by atoms with E-state index in [1.54, 1.807) is 24.3 Å².